The summed E-state index contributed by atoms with van der Waals surface area (Å²) < 4.78 is 0. The number of carbonyl (C=O) groups is 2. The van der Waals surface area contributed by atoms with Crippen LogP contribution < -0.4 is 10.2 Å². The molecule has 0 fully saturated rings. The third kappa shape index (κ3) is 6.23. The summed E-state index contributed by atoms with van der Waals surface area (Å²) in [4.78, 5) is 24.2. The van der Waals surface area contributed by atoms with E-state index in [-0.39, 0.29) is 6.54 Å². The summed E-state index contributed by atoms with van der Waals surface area (Å²) in [7, 11) is 0. The third-order valence-electron chi connectivity index (χ3n) is 2.59. The highest BCUT2D eigenvalue weighted by Crippen LogP contribution is 2.15. The van der Waals surface area contributed by atoms with Gasteiger partial charge in [0.15, 0.2) is 0 Å². The van der Waals surface area contributed by atoms with Gasteiger partial charge in [-0.1, -0.05) is 23.6 Å². The van der Waals surface area contributed by atoms with Gasteiger partial charge in [0.05, 0.1) is 5.75 Å². The first-order chi connectivity index (χ1) is 10.0. The smallest absolute Gasteiger partial charge is 0.323 e. The Labute approximate surface area is 128 Å². The van der Waals surface area contributed by atoms with Gasteiger partial charge in [-0.15, -0.1) is 18.2 Å². The standard InChI is InChI=1S/C15H18N2O3S/c1-3-9-21-10-8-16-15(20)17(11-14(18)19)13-6-4-12(2)5-7-13/h1,4-7H,8-11H2,2H3,(H,16,20)(H,18,19). The first kappa shape index (κ1) is 16.9. The minimum atomic E-state index is -1.06. The fourth-order valence-corrected chi connectivity index (χ4v) is 2.11. The van der Waals surface area contributed by atoms with Crippen LogP contribution in [0.4, 0.5) is 10.5 Å². The van der Waals surface area contributed by atoms with Crippen molar-refractivity contribution in [3.63, 3.8) is 0 Å². The lowest BCUT2D eigenvalue weighted by atomic mass is 10.2. The van der Waals surface area contributed by atoms with Crippen molar-refractivity contribution in [3.8, 4) is 12.3 Å². The Hall–Kier alpha value is -2.13. The fraction of sp³-hybridized carbons (Fsp3) is 0.333. The molecule has 0 saturated carbocycles. The zero-order chi connectivity index (χ0) is 15.7. The Bertz CT molecular complexity index is 523. The van der Waals surface area contributed by atoms with Crippen molar-refractivity contribution < 1.29 is 14.7 Å². The Morgan fingerprint density at radius 3 is 2.62 bits per heavy atom. The van der Waals surface area contributed by atoms with Crippen molar-refractivity contribution in [2.75, 3.05) is 29.5 Å². The molecule has 0 aliphatic rings. The molecule has 0 aliphatic carbocycles. The highest BCUT2D eigenvalue weighted by molar-refractivity contribution is 7.99. The van der Waals surface area contributed by atoms with Gasteiger partial charge in [0.25, 0.3) is 0 Å². The maximum absolute atomic E-state index is 12.1. The van der Waals surface area contributed by atoms with E-state index in [4.69, 9.17) is 11.5 Å². The zero-order valence-electron chi connectivity index (χ0n) is 11.8. The van der Waals surface area contributed by atoms with E-state index < -0.39 is 12.0 Å². The van der Waals surface area contributed by atoms with E-state index in [1.165, 1.54) is 16.7 Å². The maximum Gasteiger partial charge on any atom is 0.323 e. The van der Waals surface area contributed by atoms with Gasteiger partial charge >= 0.3 is 12.0 Å². The summed E-state index contributed by atoms with van der Waals surface area (Å²) in [5.74, 6) is 2.71. The molecule has 0 unspecified atom stereocenters. The van der Waals surface area contributed by atoms with Crippen molar-refractivity contribution in [1.82, 2.24) is 5.32 Å². The van der Waals surface area contributed by atoms with Gasteiger partial charge in [-0.05, 0) is 19.1 Å². The van der Waals surface area contributed by atoms with Crippen LogP contribution in [0.2, 0.25) is 0 Å². The van der Waals surface area contributed by atoms with Crippen LogP contribution in [0.1, 0.15) is 5.56 Å². The molecular formula is C15H18N2O3S. The van der Waals surface area contributed by atoms with Gasteiger partial charge in [0.2, 0.25) is 0 Å². The largest absolute Gasteiger partial charge is 0.480 e. The molecule has 1 aromatic rings. The Balaban J connectivity index is 2.64. The number of carboxylic acids is 1. The van der Waals surface area contributed by atoms with Crippen LogP contribution >= 0.6 is 11.8 Å². The number of terminal acetylenes is 1. The highest BCUT2D eigenvalue weighted by atomic mass is 32.2. The molecule has 6 heteroatoms. The van der Waals surface area contributed by atoms with Crippen LogP contribution in [0.15, 0.2) is 24.3 Å². The lowest BCUT2D eigenvalue weighted by molar-refractivity contribution is -0.135. The van der Waals surface area contributed by atoms with Crippen LogP contribution in [-0.4, -0.2) is 41.7 Å². The van der Waals surface area contributed by atoms with Gasteiger partial charge in [-0.2, -0.15) is 0 Å². The van der Waals surface area contributed by atoms with Crippen molar-refractivity contribution in [2.45, 2.75) is 6.92 Å². The second kappa shape index (κ2) is 8.93. The molecule has 1 rings (SSSR count). The number of nitrogens with one attached hydrogen (secondary N) is 1. The van der Waals surface area contributed by atoms with E-state index in [0.29, 0.717) is 23.7 Å². The van der Waals surface area contributed by atoms with E-state index >= 15 is 0 Å². The number of carbonyl (C=O) groups excluding carboxylic acids is 1. The van der Waals surface area contributed by atoms with Crippen LogP contribution in [0.3, 0.4) is 0 Å². The van der Waals surface area contributed by atoms with Gasteiger partial charge in [-0.3, -0.25) is 9.69 Å². The maximum atomic E-state index is 12.1. The molecule has 2 amide bonds. The molecule has 0 heterocycles. The summed E-state index contributed by atoms with van der Waals surface area (Å²) in [6, 6.07) is 6.69. The SMILES string of the molecule is C#CCSCCNC(=O)N(CC(=O)O)c1ccc(C)cc1. The Morgan fingerprint density at radius 1 is 1.38 bits per heavy atom. The van der Waals surface area contributed by atoms with Gasteiger partial charge in [0.1, 0.15) is 6.54 Å². The quantitative estimate of drug-likeness (QED) is 0.597. The van der Waals surface area contributed by atoms with Crippen LogP contribution in [0, 0.1) is 19.3 Å². The number of nitrogens with zero attached hydrogens (tertiary/aromatic N) is 1. The zero-order valence-corrected chi connectivity index (χ0v) is 12.7. The molecule has 0 aromatic heterocycles. The molecule has 0 bridgehead atoms. The fourth-order valence-electron chi connectivity index (χ4n) is 1.60. The van der Waals surface area contributed by atoms with Gasteiger partial charge in [-0.25, -0.2) is 4.79 Å². The summed E-state index contributed by atoms with van der Waals surface area (Å²) in [5, 5.41) is 11.6. The molecule has 0 aliphatic heterocycles. The molecule has 0 saturated heterocycles. The predicted molar refractivity (Wildman–Crippen MR) is 85.7 cm³/mol. The first-order valence-electron chi connectivity index (χ1n) is 6.39. The number of benzene rings is 1. The summed E-state index contributed by atoms with van der Waals surface area (Å²) in [6.45, 7) is 1.98. The monoisotopic (exact) mass is 306 g/mol. The molecule has 0 radical (unpaired) electrons. The number of urea groups is 1. The molecular weight excluding hydrogens is 288 g/mol. The van der Waals surface area contributed by atoms with Crippen molar-refractivity contribution in [1.29, 1.82) is 0 Å². The van der Waals surface area contributed by atoms with Crippen molar-refractivity contribution >= 4 is 29.4 Å². The summed E-state index contributed by atoms with van der Waals surface area (Å²) >= 11 is 1.53. The lowest BCUT2D eigenvalue weighted by Crippen LogP contribution is -2.43. The number of aliphatic carboxylic acids is 1. The minimum Gasteiger partial charge on any atom is -0.480 e. The van der Waals surface area contributed by atoms with Crippen molar-refractivity contribution in [3.05, 3.63) is 29.8 Å². The molecule has 0 atom stereocenters. The second-order valence-electron chi connectivity index (χ2n) is 4.30. The third-order valence-corrected chi connectivity index (χ3v) is 3.46. The second-order valence-corrected chi connectivity index (χ2v) is 5.41. The molecule has 5 nitrogen and oxygen atoms in total. The molecule has 21 heavy (non-hydrogen) atoms. The lowest BCUT2D eigenvalue weighted by Gasteiger charge is -2.21. The Kier molecular flexibility index (Phi) is 7.19. The minimum absolute atomic E-state index is 0.383. The number of rotatable bonds is 7. The summed E-state index contributed by atoms with van der Waals surface area (Å²) in [6.07, 6.45) is 5.13. The first-order valence-corrected chi connectivity index (χ1v) is 7.55. The van der Waals surface area contributed by atoms with Crippen molar-refractivity contribution in [2.24, 2.45) is 0 Å². The Morgan fingerprint density at radius 2 is 2.05 bits per heavy atom. The molecule has 112 valence electrons. The predicted octanol–water partition coefficient (Wildman–Crippen LogP) is 1.96. The number of hydrogen-bond donors (Lipinski definition) is 2. The van der Waals surface area contributed by atoms with Gasteiger partial charge in [0, 0.05) is 18.0 Å². The molecule has 2 N–H and O–H groups in total. The van der Waals surface area contributed by atoms with Crippen LogP contribution in [0.25, 0.3) is 0 Å². The van der Waals surface area contributed by atoms with E-state index in [2.05, 4.69) is 11.2 Å². The molecule has 1 aromatic carbocycles. The van der Waals surface area contributed by atoms with Gasteiger partial charge < -0.3 is 10.4 Å². The number of hydrogen-bond acceptors (Lipinski definition) is 3. The number of thioether (sulfide) groups is 1. The highest BCUT2D eigenvalue weighted by Gasteiger charge is 2.18. The van der Waals surface area contributed by atoms with E-state index in [1.807, 2.05) is 19.1 Å². The average Bonchev–Trinajstić information content (AvgIpc) is 2.45. The van der Waals surface area contributed by atoms with E-state index in [0.717, 1.165) is 5.56 Å². The molecule has 0 spiro atoms. The number of carboxylic acid groups (broad SMARTS) is 1. The summed E-state index contributed by atoms with van der Waals surface area (Å²) in [5.41, 5.74) is 1.59. The average molecular weight is 306 g/mol. The van der Waals surface area contributed by atoms with E-state index in [9.17, 15) is 9.59 Å². The van der Waals surface area contributed by atoms with E-state index in [1.54, 1.807) is 12.1 Å². The number of aryl methyl sites for hydroxylation is 1. The van der Waals surface area contributed by atoms with Crippen LogP contribution in [0.5, 0.6) is 0 Å². The topological polar surface area (TPSA) is 69.6 Å². The number of anilines is 1. The normalized spacial score (nSPS) is 9.71. The number of amides is 2. The van der Waals surface area contributed by atoms with Crippen LogP contribution in [-0.2, 0) is 4.79 Å².